The highest BCUT2D eigenvalue weighted by Gasteiger charge is 2.16. The Morgan fingerprint density at radius 2 is 1.87 bits per heavy atom. The van der Waals surface area contributed by atoms with E-state index in [0.29, 0.717) is 29.1 Å². The van der Waals surface area contributed by atoms with Crippen LogP contribution < -0.4 is 14.8 Å². The maximum absolute atomic E-state index is 14.8. The van der Waals surface area contributed by atoms with Crippen LogP contribution in [0.2, 0.25) is 0 Å². The number of hydrogen-bond donors (Lipinski definition) is 2. The molecule has 0 aliphatic rings. The number of hydrogen-bond acceptors (Lipinski definition) is 8. The van der Waals surface area contributed by atoms with Gasteiger partial charge in [0.25, 0.3) is 6.47 Å². The third-order valence-corrected chi connectivity index (χ3v) is 5.07. The largest absolute Gasteiger partial charge is 0.480 e. The highest BCUT2D eigenvalue weighted by Crippen LogP contribution is 2.32. The lowest BCUT2D eigenvalue weighted by Crippen LogP contribution is -2.03. The lowest BCUT2D eigenvalue weighted by molar-refractivity contribution is -0.126. The number of aromatic nitrogens is 2. The predicted molar refractivity (Wildman–Crippen MR) is 120 cm³/mol. The van der Waals surface area contributed by atoms with Crippen LogP contribution >= 0.6 is 11.9 Å². The van der Waals surface area contributed by atoms with Gasteiger partial charge in [0.15, 0.2) is 5.82 Å². The second-order valence-corrected chi connectivity index (χ2v) is 7.11. The predicted octanol–water partition coefficient (Wildman–Crippen LogP) is 5.23. The molecule has 0 aliphatic heterocycles. The summed E-state index contributed by atoms with van der Waals surface area (Å²) in [7, 11) is 2.82. The second-order valence-electron chi connectivity index (χ2n) is 6.21. The summed E-state index contributed by atoms with van der Waals surface area (Å²) in [5, 5.41) is 2.86. The van der Waals surface area contributed by atoms with E-state index in [2.05, 4.69) is 24.7 Å². The number of aryl methyl sites for hydroxylation is 1. The number of methoxy groups -OCH3 is 2. The number of benzene rings is 2. The Bertz CT molecular complexity index is 1040. The fourth-order valence-electron chi connectivity index (χ4n) is 2.54. The van der Waals surface area contributed by atoms with Gasteiger partial charge >= 0.3 is 0 Å². The number of nitrogens with zero attached hydrogens (tertiary/aromatic N) is 2. The molecular formula is C21H24F2N4O3S. The summed E-state index contributed by atoms with van der Waals surface area (Å²) in [4.78, 5) is 17.6. The Balaban J connectivity index is 0.000000785. The molecule has 1 heterocycles. The quantitative estimate of drug-likeness (QED) is 0.274. The van der Waals surface area contributed by atoms with Crippen molar-refractivity contribution in [3.63, 3.8) is 0 Å². The number of carbonyl (C=O) groups is 1. The molecule has 7 nitrogen and oxygen atoms in total. The summed E-state index contributed by atoms with van der Waals surface area (Å²) in [5.41, 5.74) is 2.56. The van der Waals surface area contributed by atoms with Gasteiger partial charge < -0.3 is 19.5 Å². The van der Waals surface area contributed by atoms with E-state index in [1.807, 2.05) is 13.8 Å². The molecule has 0 saturated carbocycles. The first-order valence-electron chi connectivity index (χ1n) is 9.36. The Kier molecular flexibility index (Phi) is 9.26. The molecular weight excluding hydrogens is 426 g/mol. The first-order chi connectivity index (χ1) is 15.0. The molecule has 2 aromatic carbocycles. The molecule has 10 heteroatoms. The highest BCUT2D eigenvalue weighted by molar-refractivity contribution is 8.00. The maximum atomic E-state index is 14.8. The van der Waals surface area contributed by atoms with E-state index < -0.39 is 11.6 Å². The SMILES string of the molecule is CCCSNc1ccc(F)c(Nc2ccc3ncc(OC)nc3c2C)c1F.COC=O. The zero-order valence-corrected chi connectivity index (χ0v) is 18.5. The normalized spacial score (nSPS) is 10.1. The van der Waals surface area contributed by atoms with Crippen LogP contribution in [0.25, 0.3) is 11.0 Å². The summed E-state index contributed by atoms with van der Waals surface area (Å²) in [5.74, 6) is -0.145. The lowest BCUT2D eigenvalue weighted by atomic mass is 10.1. The van der Waals surface area contributed by atoms with Gasteiger partial charge in [0.05, 0.1) is 37.1 Å². The molecule has 166 valence electrons. The number of halogens is 2. The van der Waals surface area contributed by atoms with Crippen LogP contribution in [0.15, 0.2) is 30.5 Å². The van der Waals surface area contributed by atoms with Crippen LogP contribution in [0.1, 0.15) is 18.9 Å². The molecule has 31 heavy (non-hydrogen) atoms. The zero-order valence-electron chi connectivity index (χ0n) is 17.7. The fourth-order valence-corrected chi connectivity index (χ4v) is 3.16. The number of carbonyl (C=O) groups excluding carboxylic acids is 1. The fraction of sp³-hybridized carbons (Fsp3) is 0.286. The van der Waals surface area contributed by atoms with Crippen molar-refractivity contribution in [1.29, 1.82) is 0 Å². The van der Waals surface area contributed by atoms with Gasteiger partial charge in [0.1, 0.15) is 11.5 Å². The van der Waals surface area contributed by atoms with Gasteiger partial charge in [-0.1, -0.05) is 18.9 Å². The number of rotatable bonds is 8. The standard InChI is InChI=1S/C19H20F2N4OS.C2H4O2/c1-4-9-27-25-14-6-5-12(20)19(17(14)21)23-13-7-8-15-18(11(13)2)24-16(26-3)10-22-15;1-4-2-3/h5-8,10,23,25H,4,9H2,1-3H3;2H,1H3. The van der Waals surface area contributed by atoms with Gasteiger partial charge in [-0.05, 0) is 37.6 Å². The Morgan fingerprint density at radius 1 is 1.16 bits per heavy atom. The van der Waals surface area contributed by atoms with Crippen LogP contribution in [0, 0.1) is 18.6 Å². The zero-order chi connectivity index (χ0) is 22.8. The van der Waals surface area contributed by atoms with Crippen molar-refractivity contribution in [3.8, 4) is 5.88 Å². The van der Waals surface area contributed by atoms with Crippen molar-refractivity contribution in [2.24, 2.45) is 0 Å². The third-order valence-electron chi connectivity index (χ3n) is 4.09. The van der Waals surface area contributed by atoms with Crippen molar-refractivity contribution in [2.45, 2.75) is 20.3 Å². The minimum atomic E-state index is -0.672. The average Bonchev–Trinajstić information content (AvgIpc) is 2.79. The molecule has 0 amide bonds. The third kappa shape index (κ3) is 6.17. The molecule has 0 bridgehead atoms. The van der Waals surface area contributed by atoms with Crippen LogP contribution in [0.3, 0.4) is 0 Å². The summed E-state index contributed by atoms with van der Waals surface area (Å²) in [6.45, 7) is 4.22. The molecule has 0 unspecified atom stereocenters. The van der Waals surface area contributed by atoms with Crippen molar-refractivity contribution in [3.05, 3.63) is 47.7 Å². The molecule has 2 N–H and O–H groups in total. The Morgan fingerprint density at radius 3 is 2.52 bits per heavy atom. The summed E-state index contributed by atoms with van der Waals surface area (Å²) < 4.78 is 41.0. The van der Waals surface area contributed by atoms with E-state index in [1.54, 1.807) is 12.1 Å². The van der Waals surface area contributed by atoms with Gasteiger partial charge in [-0.2, -0.15) is 0 Å². The Labute approximate surface area is 183 Å². The maximum Gasteiger partial charge on any atom is 0.292 e. The smallest absolute Gasteiger partial charge is 0.292 e. The van der Waals surface area contributed by atoms with E-state index in [-0.39, 0.29) is 11.4 Å². The monoisotopic (exact) mass is 450 g/mol. The molecule has 0 aliphatic carbocycles. The topological polar surface area (TPSA) is 85.4 Å². The van der Waals surface area contributed by atoms with Gasteiger partial charge in [-0.25, -0.2) is 18.7 Å². The van der Waals surface area contributed by atoms with Gasteiger partial charge in [0, 0.05) is 17.0 Å². The van der Waals surface area contributed by atoms with E-state index in [4.69, 9.17) is 9.53 Å². The summed E-state index contributed by atoms with van der Waals surface area (Å²) >= 11 is 1.38. The molecule has 0 atom stereocenters. The van der Waals surface area contributed by atoms with Crippen molar-refractivity contribution in [1.82, 2.24) is 9.97 Å². The number of nitrogens with one attached hydrogen (secondary N) is 2. The molecule has 0 fully saturated rings. The van der Waals surface area contributed by atoms with E-state index >= 15 is 0 Å². The molecule has 3 aromatic rings. The van der Waals surface area contributed by atoms with Crippen molar-refractivity contribution >= 4 is 46.5 Å². The van der Waals surface area contributed by atoms with Gasteiger partial charge in [-0.3, -0.25) is 4.79 Å². The first-order valence-corrected chi connectivity index (χ1v) is 10.3. The van der Waals surface area contributed by atoms with Crippen molar-refractivity contribution in [2.75, 3.05) is 30.0 Å². The molecule has 0 spiro atoms. The van der Waals surface area contributed by atoms with E-state index in [1.165, 1.54) is 44.5 Å². The van der Waals surface area contributed by atoms with Crippen molar-refractivity contribution < 1.29 is 23.0 Å². The second kappa shape index (κ2) is 11.9. The highest BCUT2D eigenvalue weighted by atomic mass is 32.2. The van der Waals surface area contributed by atoms with Crippen LogP contribution in [-0.2, 0) is 9.53 Å². The minimum Gasteiger partial charge on any atom is -0.480 e. The van der Waals surface area contributed by atoms with E-state index in [0.717, 1.165) is 17.7 Å². The van der Waals surface area contributed by atoms with Gasteiger partial charge in [0.2, 0.25) is 5.88 Å². The lowest BCUT2D eigenvalue weighted by Gasteiger charge is -2.15. The molecule has 0 saturated heterocycles. The molecule has 0 radical (unpaired) electrons. The number of ether oxygens (including phenoxy) is 2. The van der Waals surface area contributed by atoms with Crippen LogP contribution in [0.4, 0.5) is 25.8 Å². The number of fused-ring (bicyclic) bond motifs is 1. The van der Waals surface area contributed by atoms with Crippen LogP contribution in [0.5, 0.6) is 5.88 Å². The summed E-state index contributed by atoms with van der Waals surface area (Å²) in [6, 6.07) is 6.09. The number of anilines is 3. The molecule has 3 rings (SSSR count). The van der Waals surface area contributed by atoms with Crippen LogP contribution in [-0.4, -0.2) is 36.4 Å². The minimum absolute atomic E-state index is 0.213. The van der Waals surface area contributed by atoms with E-state index in [9.17, 15) is 8.78 Å². The molecule has 1 aromatic heterocycles. The first kappa shape index (κ1) is 24.1. The average molecular weight is 451 g/mol. The summed E-state index contributed by atoms with van der Waals surface area (Å²) in [6.07, 6.45) is 2.48. The van der Waals surface area contributed by atoms with Gasteiger partial charge in [-0.15, -0.1) is 0 Å². The Hall–Kier alpha value is -3.14.